The summed E-state index contributed by atoms with van der Waals surface area (Å²) in [6.07, 6.45) is 1.73. The highest BCUT2D eigenvalue weighted by molar-refractivity contribution is 8.26. The van der Waals surface area contributed by atoms with Crippen LogP contribution < -0.4 is 4.74 Å². The van der Waals surface area contributed by atoms with E-state index in [1.165, 1.54) is 22.7 Å². The van der Waals surface area contributed by atoms with Crippen LogP contribution in [-0.4, -0.2) is 56.7 Å². The van der Waals surface area contributed by atoms with E-state index < -0.39 is 4.92 Å². The zero-order valence-corrected chi connectivity index (χ0v) is 20.7. The van der Waals surface area contributed by atoms with Crippen LogP contribution in [0, 0.1) is 10.1 Å². The highest BCUT2D eigenvalue weighted by Gasteiger charge is 2.32. The Kier molecular flexibility index (Phi) is 7.59. The number of hydrogen-bond acceptors (Lipinski definition) is 8. The Hall–Kier alpha value is -3.54. The summed E-state index contributed by atoms with van der Waals surface area (Å²) in [5.74, 6) is -0.000171. The second-order valence-corrected chi connectivity index (χ2v) is 9.08. The molecule has 35 heavy (non-hydrogen) atoms. The monoisotopic (exact) mass is 510 g/mol. The van der Waals surface area contributed by atoms with E-state index in [-0.39, 0.29) is 17.3 Å². The zero-order chi connectivity index (χ0) is 24.9. The van der Waals surface area contributed by atoms with Crippen molar-refractivity contribution in [2.75, 3.05) is 26.9 Å². The Morgan fingerprint density at radius 3 is 2.66 bits per heavy atom. The quantitative estimate of drug-likeness (QED) is 0.177. The second-order valence-electron chi connectivity index (χ2n) is 7.40. The van der Waals surface area contributed by atoms with Gasteiger partial charge in [-0.2, -0.15) is 5.10 Å². The molecule has 180 valence electrons. The number of amides is 1. The molecule has 2 heterocycles. The summed E-state index contributed by atoms with van der Waals surface area (Å²) in [6.45, 7) is 2.83. The fourth-order valence-corrected chi connectivity index (χ4v) is 4.82. The number of carbonyl (C=O) groups excluding carboxylic acids is 1. The number of carbonyl (C=O) groups is 1. The van der Waals surface area contributed by atoms with Crippen LogP contribution in [0.15, 0.2) is 59.5 Å². The van der Waals surface area contributed by atoms with Gasteiger partial charge in [-0.3, -0.25) is 19.8 Å². The molecule has 11 heteroatoms. The number of thiocarbonyl (C=S) groups is 1. The van der Waals surface area contributed by atoms with Gasteiger partial charge in [-0.05, 0) is 43.3 Å². The largest absolute Gasteiger partial charge is 0.487 e. The lowest BCUT2D eigenvalue weighted by Gasteiger charge is -2.12. The molecular formula is C24H22N4O5S2. The molecule has 1 aromatic heterocycles. The van der Waals surface area contributed by atoms with E-state index in [9.17, 15) is 14.9 Å². The Morgan fingerprint density at radius 1 is 1.20 bits per heavy atom. The molecule has 0 N–H and O–H groups in total. The average molecular weight is 511 g/mol. The molecular weight excluding hydrogens is 488 g/mol. The van der Waals surface area contributed by atoms with Crippen molar-refractivity contribution in [3.8, 4) is 22.7 Å². The Morgan fingerprint density at radius 2 is 1.97 bits per heavy atom. The molecule has 1 saturated heterocycles. The van der Waals surface area contributed by atoms with Crippen molar-refractivity contribution in [1.82, 2.24) is 14.7 Å². The van der Waals surface area contributed by atoms with Crippen molar-refractivity contribution in [3.63, 3.8) is 0 Å². The molecule has 1 aliphatic rings. The molecule has 1 fully saturated rings. The maximum absolute atomic E-state index is 12.9. The second kappa shape index (κ2) is 10.8. The van der Waals surface area contributed by atoms with Gasteiger partial charge in [-0.15, -0.1) is 0 Å². The van der Waals surface area contributed by atoms with Gasteiger partial charge in [0.1, 0.15) is 4.32 Å². The van der Waals surface area contributed by atoms with Crippen LogP contribution in [0.1, 0.15) is 12.6 Å². The summed E-state index contributed by atoms with van der Waals surface area (Å²) in [5, 5.41) is 16.3. The molecule has 0 bridgehead atoms. The molecule has 2 aromatic carbocycles. The lowest BCUT2D eigenvalue weighted by atomic mass is 10.1. The molecule has 3 aromatic rings. The Labute approximate surface area is 211 Å². The van der Waals surface area contributed by atoms with Gasteiger partial charge in [0, 0.05) is 18.7 Å². The van der Waals surface area contributed by atoms with Crippen LogP contribution in [0.2, 0.25) is 0 Å². The van der Waals surface area contributed by atoms with E-state index >= 15 is 0 Å². The molecule has 0 radical (unpaired) electrons. The van der Waals surface area contributed by atoms with Gasteiger partial charge in [-0.25, -0.2) is 4.68 Å². The minimum absolute atomic E-state index is 0.140. The van der Waals surface area contributed by atoms with Gasteiger partial charge in [0.15, 0.2) is 5.75 Å². The summed E-state index contributed by atoms with van der Waals surface area (Å²) in [6, 6.07) is 16.0. The van der Waals surface area contributed by atoms with E-state index in [4.69, 9.17) is 26.8 Å². The summed E-state index contributed by atoms with van der Waals surface area (Å²) < 4.78 is 12.6. The number of nitro groups is 1. The first-order valence-electron chi connectivity index (χ1n) is 10.7. The smallest absolute Gasteiger partial charge is 0.311 e. The number of nitrogens with zero attached hydrogens (tertiary/aromatic N) is 4. The summed E-state index contributed by atoms with van der Waals surface area (Å²) in [5.41, 5.74) is 2.34. The van der Waals surface area contributed by atoms with Gasteiger partial charge < -0.3 is 9.47 Å². The maximum atomic E-state index is 12.9. The van der Waals surface area contributed by atoms with E-state index in [1.54, 1.807) is 43.0 Å². The molecule has 0 atom stereocenters. The number of hydrogen-bond donors (Lipinski definition) is 0. The van der Waals surface area contributed by atoms with Gasteiger partial charge in [0.05, 0.1) is 46.7 Å². The highest BCUT2D eigenvalue weighted by Crippen LogP contribution is 2.35. The average Bonchev–Trinajstić information content (AvgIpc) is 3.39. The fraction of sp³-hybridized carbons (Fsp3) is 0.208. The number of rotatable bonds is 9. The van der Waals surface area contributed by atoms with E-state index in [1.807, 2.05) is 30.3 Å². The molecule has 0 aliphatic carbocycles. The van der Waals surface area contributed by atoms with Crippen molar-refractivity contribution in [2.45, 2.75) is 6.92 Å². The number of para-hydroxylation sites is 1. The van der Waals surface area contributed by atoms with Gasteiger partial charge in [0.25, 0.3) is 5.91 Å². The van der Waals surface area contributed by atoms with Crippen LogP contribution in [-0.2, 0) is 9.53 Å². The summed E-state index contributed by atoms with van der Waals surface area (Å²) in [4.78, 5) is 26.0. The first kappa shape index (κ1) is 24.6. The minimum Gasteiger partial charge on any atom is -0.487 e. The van der Waals surface area contributed by atoms with Crippen molar-refractivity contribution in [3.05, 3.63) is 75.3 Å². The third-order valence-corrected chi connectivity index (χ3v) is 6.54. The summed E-state index contributed by atoms with van der Waals surface area (Å²) >= 11 is 6.59. The van der Waals surface area contributed by atoms with Gasteiger partial charge in [-0.1, -0.05) is 42.2 Å². The number of benzene rings is 2. The molecule has 1 aliphatic heterocycles. The number of aromatic nitrogens is 2. The minimum atomic E-state index is -0.477. The number of methoxy groups -OCH3 is 1. The fourth-order valence-electron chi connectivity index (χ4n) is 3.52. The van der Waals surface area contributed by atoms with E-state index in [0.29, 0.717) is 45.9 Å². The molecule has 9 nitrogen and oxygen atoms in total. The van der Waals surface area contributed by atoms with Crippen molar-refractivity contribution in [1.29, 1.82) is 0 Å². The normalized spacial score (nSPS) is 14.7. The molecule has 0 spiro atoms. The SMILES string of the molecule is CCOc1ccc(-c2cc(/C=C3\SC(=S)N(CCOC)C3=O)n(-c3ccccc3)n2)cc1[N+](=O)[O-]. The third kappa shape index (κ3) is 5.26. The summed E-state index contributed by atoms with van der Waals surface area (Å²) in [7, 11) is 1.57. The van der Waals surface area contributed by atoms with Crippen molar-refractivity contribution < 1.29 is 19.2 Å². The Balaban J connectivity index is 1.78. The lowest BCUT2D eigenvalue weighted by Crippen LogP contribution is -2.31. The third-order valence-electron chi connectivity index (χ3n) is 5.16. The van der Waals surface area contributed by atoms with E-state index in [2.05, 4.69) is 0 Å². The maximum Gasteiger partial charge on any atom is 0.311 e. The highest BCUT2D eigenvalue weighted by atomic mass is 32.2. The number of ether oxygens (including phenoxy) is 2. The number of thioether (sulfide) groups is 1. The van der Waals surface area contributed by atoms with Crippen LogP contribution in [0.5, 0.6) is 5.75 Å². The Bertz CT molecular complexity index is 1310. The van der Waals surface area contributed by atoms with Crippen LogP contribution in [0.25, 0.3) is 23.0 Å². The lowest BCUT2D eigenvalue weighted by molar-refractivity contribution is -0.385. The predicted molar refractivity (Wildman–Crippen MR) is 139 cm³/mol. The van der Waals surface area contributed by atoms with Gasteiger partial charge in [0.2, 0.25) is 0 Å². The first-order valence-corrected chi connectivity index (χ1v) is 12.0. The predicted octanol–water partition coefficient (Wildman–Crippen LogP) is 4.69. The topological polar surface area (TPSA) is 99.7 Å². The first-order chi connectivity index (χ1) is 16.9. The molecule has 4 rings (SSSR count). The van der Waals surface area contributed by atoms with Crippen LogP contribution >= 0.6 is 24.0 Å². The van der Waals surface area contributed by atoms with Crippen molar-refractivity contribution >= 4 is 46.0 Å². The van der Waals surface area contributed by atoms with Crippen LogP contribution in [0.3, 0.4) is 0 Å². The molecule has 1 amide bonds. The number of nitro benzene ring substituents is 1. The van der Waals surface area contributed by atoms with Gasteiger partial charge >= 0.3 is 5.69 Å². The zero-order valence-electron chi connectivity index (χ0n) is 19.0. The molecule has 0 saturated carbocycles. The van der Waals surface area contributed by atoms with Crippen molar-refractivity contribution in [2.24, 2.45) is 0 Å². The van der Waals surface area contributed by atoms with E-state index in [0.717, 1.165) is 5.69 Å². The standard InChI is InChI=1S/C24H22N4O5S2/c1-3-33-21-10-9-16(13-20(21)28(30)31)19-14-18(27(25-19)17-7-5-4-6-8-17)15-22-23(29)26(11-12-32-2)24(34)35-22/h4-10,13-15H,3,11-12H2,1-2H3/b22-15-. The van der Waals surface area contributed by atoms with Crippen LogP contribution in [0.4, 0.5) is 5.69 Å². The molecule has 0 unspecified atom stereocenters.